The number of para-hydroxylation sites is 1. The summed E-state index contributed by atoms with van der Waals surface area (Å²) in [6.45, 7) is 10.9. The molecule has 0 spiro atoms. The third kappa shape index (κ3) is 3.39. The molecular formula is C24H31N2O+. The van der Waals surface area contributed by atoms with Gasteiger partial charge in [0.05, 0.1) is 12.5 Å². The molecule has 2 aromatic carbocycles. The van der Waals surface area contributed by atoms with Gasteiger partial charge in [-0.2, -0.15) is 4.58 Å². The summed E-state index contributed by atoms with van der Waals surface area (Å²) in [5, 5.41) is 0. The van der Waals surface area contributed by atoms with Crippen LogP contribution in [-0.2, 0) is 5.41 Å². The van der Waals surface area contributed by atoms with E-state index in [1.165, 1.54) is 22.6 Å². The van der Waals surface area contributed by atoms with Crippen molar-refractivity contribution in [3.05, 3.63) is 59.7 Å². The van der Waals surface area contributed by atoms with Gasteiger partial charge in [-0.3, -0.25) is 0 Å². The van der Waals surface area contributed by atoms with Gasteiger partial charge >= 0.3 is 0 Å². The highest BCUT2D eigenvalue weighted by Gasteiger charge is 2.42. The van der Waals surface area contributed by atoms with Crippen LogP contribution in [-0.4, -0.2) is 37.5 Å². The fourth-order valence-electron chi connectivity index (χ4n) is 4.09. The van der Waals surface area contributed by atoms with Crippen LogP contribution in [0.25, 0.3) is 6.08 Å². The van der Waals surface area contributed by atoms with Crippen LogP contribution >= 0.6 is 0 Å². The van der Waals surface area contributed by atoms with Gasteiger partial charge in [0.15, 0.2) is 5.71 Å². The average molecular weight is 364 g/mol. The number of fused-ring (bicyclic) bond motifs is 1. The minimum atomic E-state index is -0.0176. The van der Waals surface area contributed by atoms with E-state index < -0.39 is 0 Å². The molecule has 3 rings (SSSR count). The molecule has 1 heterocycles. The van der Waals surface area contributed by atoms with Crippen molar-refractivity contribution in [2.75, 3.05) is 32.1 Å². The number of anilines is 1. The normalized spacial score (nSPS) is 15.3. The van der Waals surface area contributed by atoms with Crippen LogP contribution < -0.4 is 9.64 Å². The Bertz CT molecular complexity index is 889. The van der Waals surface area contributed by atoms with E-state index in [1.54, 1.807) is 7.11 Å². The van der Waals surface area contributed by atoms with E-state index in [-0.39, 0.29) is 5.41 Å². The number of nitrogens with zero attached hydrogens (tertiary/aromatic N) is 2. The Morgan fingerprint density at radius 2 is 1.74 bits per heavy atom. The van der Waals surface area contributed by atoms with E-state index in [0.29, 0.717) is 0 Å². The van der Waals surface area contributed by atoms with E-state index >= 15 is 0 Å². The lowest BCUT2D eigenvalue weighted by molar-refractivity contribution is -0.401. The SMILES string of the molecule is CCN(CC)c1ccc(/C=C/C2=[N+](C)c3ccccc3C2(C)C)c(OC)c1. The van der Waals surface area contributed by atoms with Crippen molar-refractivity contribution in [2.24, 2.45) is 0 Å². The number of ether oxygens (including phenoxy) is 1. The molecule has 1 aliphatic heterocycles. The second kappa shape index (κ2) is 7.59. The Morgan fingerprint density at radius 1 is 1.04 bits per heavy atom. The first kappa shape index (κ1) is 19.2. The molecule has 0 bridgehead atoms. The second-order valence-electron chi connectivity index (χ2n) is 7.52. The van der Waals surface area contributed by atoms with Crippen molar-refractivity contribution < 1.29 is 9.31 Å². The summed E-state index contributed by atoms with van der Waals surface area (Å²) in [6.07, 6.45) is 4.40. The number of allylic oxidation sites excluding steroid dienone is 1. The van der Waals surface area contributed by atoms with Gasteiger partial charge in [0.1, 0.15) is 12.8 Å². The molecule has 0 saturated heterocycles. The quantitative estimate of drug-likeness (QED) is 0.651. The van der Waals surface area contributed by atoms with Crippen LogP contribution in [0.5, 0.6) is 5.75 Å². The number of hydrogen-bond acceptors (Lipinski definition) is 2. The predicted octanol–water partition coefficient (Wildman–Crippen LogP) is 5.26. The molecule has 0 aliphatic carbocycles. The van der Waals surface area contributed by atoms with Gasteiger partial charge < -0.3 is 9.64 Å². The fourth-order valence-corrected chi connectivity index (χ4v) is 4.09. The van der Waals surface area contributed by atoms with E-state index in [0.717, 1.165) is 24.4 Å². The van der Waals surface area contributed by atoms with E-state index in [9.17, 15) is 0 Å². The highest BCUT2D eigenvalue weighted by molar-refractivity contribution is 6.05. The minimum Gasteiger partial charge on any atom is -0.496 e. The molecule has 27 heavy (non-hydrogen) atoms. The molecule has 0 saturated carbocycles. The fraction of sp³-hybridized carbons (Fsp3) is 0.375. The molecule has 3 nitrogen and oxygen atoms in total. The highest BCUT2D eigenvalue weighted by atomic mass is 16.5. The Kier molecular flexibility index (Phi) is 5.41. The Balaban J connectivity index is 1.96. The van der Waals surface area contributed by atoms with Crippen molar-refractivity contribution in [3.8, 4) is 5.75 Å². The zero-order valence-corrected chi connectivity index (χ0v) is 17.4. The van der Waals surface area contributed by atoms with Gasteiger partial charge in [-0.1, -0.05) is 18.2 Å². The van der Waals surface area contributed by atoms with Crippen molar-refractivity contribution >= 4 is 23.2 Å². The van der Waals surface area contributed by atoms with Gasteiger partial charge in [0.25, 0.3) is 0 Å². The first-order valence-corrected chi connectivity index (χ1v) is 9.75. The average Bonchev–Trinajstić information content (AvgIpc) is 2.88. The van der Waals surface area contributed by atoms with Crippen LogP contribution in [0.3, 0.4) is 0 Å². The summed E-state index contributed by atoms with van der Waals surface area (Å²) >= 11 is 0. The molecule has 0 unspecified atom stereocenters. The monoisotopic (exact) mass is 363 g/mol. The van der Waals surface area contributed by atoms with Crippen LogP contribution in [0.4, 0.5) is 11.4 Å². The molecule has 0 N–H and O–H groups in total. The van der Waals surface area contributed by atoms with Crippen molar-refractivity contribution in [3.63, 3.8) is 0 Å². The van der Waals surface area contributed by atoms with Crippen molar-refractivity contribution in [2.45, 2.75) is 33.1 Å². The Labute approximate surface area is 163 Å². The third-order valence-corrected chi connectivity index (χ3v) is 5.71. The lowest BCUT2D eigenvalue weighted by Crippen LogP contribution is -2.26. The van der Waals surface area contributed by atoms with Gasteiger partial charge in [0, 0.05) is 48.1 Å². The molecular weight excluding hydrogens is 332 g/mol. The van der Waals surface area contributed by atoms with Gasteiger partial charge in [-0.15, -0.1) is 0 Å². The van der Waals surface area contributed by atoms with Crippen LogP contribution in [0.1, 0.15) is 38.8 Å². The smallest absolute Gasteiger partial charge is 0.209 e. The molecule has 3 heteroatoms. The summed E-state index contributed by atoms with van der Waals surface area (Å²) in [7, 11) is 3.89. The zero-order valence-electron chi connectivity index (χ0n) is 17.4. The van der Waals surface area contributed by atoms with E-state index in [2.05, 4.69) is 98.8 Å². The molecule has 0 atom stereocenters. The maximum atomic E-state index is 5.68. The van der Waals surface area contributed by atoms with Crippen molar-refractivity contribution in [1.82, 2.24) is 0 Å². The number of rotatable bonds is 6. The highest BCUT2D eigenvalue weighted by Crippen LogP contribution is 2.39. The third-order valence-electron chi connectivity index (χ3n) is 5.71. The molecule has 0 fully saturated rings. The summed E-state index contributed by atoms with van der Waals surface area (Å²) in [4.78, 5) is 2.33. The minimum absolute atomic E-state index is 0.0176. The lowest BCUT2D eigenvalue weighted by Gasteiger charge is -2.22. The maximum Gasteiger partial charge on any atom is 0.209 e. The van der Waals surface area contributed by atoms with E-state index in [1.807, 2.05) is 0 Å². The Morgan fingerprint density at radius 3 is 2.37 bits per heavy atom. The summed E-state index contributed by atoms with van der Waals surface area (Å²) < 4.78 is 7.97. The van der Waals surface area contributed by atoms with Gasteiger partial charge in [-0.05, 0) is 45.9 Å². The summed E-state index contributed by atoms with van der Waals surface area (Å²) in [5.74, 6) is 0.909. The van der Waals surface area contributed by atoms with E-state index in [4.69, 9.17) is 4.74 Å². The number of benzene rings is 2. The second-order valence-corrected chi connectivity index (χ2v) is 7.52. The Hall–Kier alpha value is -2.55. The lowest BCUT2D eigenvalue weighted by atomic mass is 9.81. The topological polar surface area (TPSA) is 15.5 Å². The number of hydrogen-bond donors (Lipinski definition) is 0. The molecule has 0 radical (unpaired) electrons. The summed E-state index contributed by atoms with van der Waals surface area (Å²) in [5.41, 5.74) is 6.23. The van der Waals surface area contributed by atoms with Crippen LogP contribution in [0.2, 0.25) is 0 Å². The van der Waals surface area contributed by atoms with Crippen LogP contribution in [0, 0.1) is 0 Å². The first-order valence-electron chi connectivity index (χ1n) is 9.75. The largest absolute Gasteiger partial charge is 0.496 e. The van der Waals surface area contributed by atoms with Gasteiger partial charge in [0.2, 0.25) is 5.69 Å². The van der Waals surface area contributed by atoms with Gasteiger partial charge in [-0.25, -0.2) is 0 Å². The summed E-state index contributed by atoms with van der Waals surface area (Å²) in [6, 6.07) is 15.1. The molecule has 0 aromatic heterocycles. The van der Waals surface area contributed by atoms with Crippen LogP contribution in [0.15, 0.2) is 48.5 Å². The molecule has 0 amide bonds. The maximum absolute atomic E-state index is 5.68. The standard InChI is InChI=1S/C24H31N2O/c1-7-26(8-2)19-15-13-18(22(17-19)27-6)14-16-23-24(3,4)20-11-9-10-12-21(20)25(23)5/h9-17H,7-8H2,1-6H3/q+1. The molecule has 1 aliphatic rings. The first-order chi connectivity index (χ1) is 12.9. The van der Waals surface area contributed by atoms with Crippen molar-refractivity contribution in [1.29, 1.82) is 0 Å². The predicted molar refractivity (Wildman–Crippen MR) is 116 cm³/mol. The molecule has 142 valence electrons. The molecule has 2 aromatic rings. The zero-order chi connectivity index (χ0) is 19.6. The number of methoxy groups -OCH3 is 1.